The van der Waals surface area contributed by atoms with E-state index in [0.717, 1.165) is 0 Å². The molecule has 0 spiro atoms. The van der Waals surface area contributed by atoms with Crippen molar-refractivity contribution >= 4 is 10.9 Å². The van der Waals surface area contributed by atoms with Gasteiger partial charge >= 0.3 is 0 Å². The fourth-order valence-electron chi connectivity index (χ4n) is 1.64. The van der Waals surface area contributed by atoms with Crippen molar-refractivity contribution in [3.05, 3.63) is 28.6 Å². The van der Waals surface area contributed by atoms with Gasteiger partial charge in [-0.15, -0.1) is 4.68 Å². The molecule has 0 saturated heterocycles. The minimum absolute atomic E-state index is 0.0581. The number of H-pyrrole nitrogens is 1. The van der Waals surface area contributed by atoms with Crippen molar-refractivity contribution in [3.63, 3.8) is 0 Å². The standard InChI is InChI=1S/C11H12N2O3/c1-13-6-9(14)7-4-10(15-2)11(16-3)5-8(7)12-13/h4-6H,1-3H3/p+1. The highest BCUT2D eigenvalue weighted by atomic mass is 16.5. The lowest BCUT2D eigenvalue weighted by molar-refractivity contribution is -0.729. The molecule has 0 aliphatic heterocycles. The van der Waals surface area contributed by atoms with Crippen LogP contribution < -0.4 is 19.6 Å². The molecule has 0 bridgehead atoms. The molecule has 0 atom stereocenters. The second-order valence-corrected chi connectivity index (χ2v) is 3.47. The fraction of sp³-hybridized carbons (Fsp3) is 0.273. The smallest absolute Gasteiger partial charge is 0.253 e. The van der Waals surface area contributed by atoms with E-state index in [9.17, 15) is 4.79 Å². The van der Waals surface area contributed by atoms with E-state index in [0.29, 0.717) is 22.4 Å². The normalized spacial score (nSPS) is 10.4. The van der Waals surface area contributed by atoms with Crippen LogP contribution in [-0.2, 0) is 7.05 Å². The van der Waals surface area contributed by atoms with Crippen LogP contribution in [0.3, 0.4) is 0 Å². The molecule has 0 aliphatic rings. The van der Waals surface area contributed by atoms with E-state index < -0.39 is 0 Å². The summed E-state index contributed by atoms with van der Waals surface area (Å²) in [5, 5.41) is 3.62. The van der Waals surface area contributed by atoms with Crippen molar-refractivity contribution in [1.29, 1.82) is 0 Å². The highest BCUT2D eigenvalue weighted by Crippen LogP contribution is 2.29. The monoisotopic (exact) mass is 221 g/mol. The maximum absolute atomic E-state index is 11.7. The van der Waals surface area contributed by atoms with Gasteiger partial charge in [0, 0.05) is 6.07 Å². The van der Waals surface area contributed by atoms with Gasteiger partial charge in [0.15, 0.2) is 18.5 Å². The Morgan fingerprint density at radius 2 is 1.81 bits per heavy atom. The van der Waals surface area contributed by atoms with Crippen LogP contribution in [0.1, 0.15) is 0 Å². The fourth-order valence-corrected chi connectivity index (χ4v) is 1.64. The first-order chi connectivity index (χ1) is 7.65. The number of methoxy groups -OCH3 is 2. The Balaban J connectivity index is 2.83. The van der Waals surface area contributed by atoms with Crippen molar-refractivity contribution in [2.75, 3.05) is 14.2 Å². The SMILES string of the molecule is COc1cc2[nH][n+](C)cc(=O)c2cc1OC. The first-order valence-corrected chi connectivity index (χ1v) is 4.80. The number of hydrogen-bond acceptors (Lipinski definition) is 3. The van der Waals surface area contributed by atoms with Gasteiger partial charge in [-0.1, -0.05) is 0 Å². The van der Waals surface area contributed by atoms with E-state index in [4.69, 9.17) is 9.47 Å². The summed E-state index contributed by atoms with van der Waals surface area (Å²) >= 11 is 0. The average Bonchev–Trinajstić information content (AvgIpc) is 2.27. The average molecular weight is 221 g/mol. The Bertz CT molecular complexity index is 590. The van der Waals surface area contributed by atoms with Gasteiger partial charge in [-0.25, -0.2) is 0 Å². The predicted molar refractivity (Wildman–Crippen MR) is 58.8 cm³/mol. The third-order valence-corrected chi connectivity index (χ3v) is 2.40. The van der Waals surface area contributed by atoms with E-state index in [-0.39, 0.29) is 5.43 Å². The number of ether oxygens (including phenoxy) is 2. The van der Waals surface area contributed by atoms with E-state index in [2.05, 4.69) is 5.10 Å². The highest BCUT2D eigenvalue weighted by molar-refractivity contribution is 5.81. The summed E-state index contributed by atoms with van der Waals surface area (Å²) in [5.41, 5.74) is 0.657. The Morgan fingerprint density at radius 3 is 2.44 bits per heavy atom. The van der Waals surface area contributed by atoms with E-state index in [1.54, 1.807) is 38.1 Å². The molecule has 0 radical (unpaired) electrons. The lowest BCUT2D eigenvalue weighted by Crippen LogP contribution is -2.36. The van der Waals surface area contributed by atoms with Gasteiger partial charge in [0.05, 0.1) is 19.6 Å². The summed E-state index contributed by atoms with van der Waals surface area (Å²) in [6, 6.07) is 3.42. The van der Waals surface area contributed by atoms with Gasteiger partial charge in [-0.3, -0.25) is 4.79 Å². The number of fused-ring (bicyclic) bond motifs is 1. The van der Waals surface area contributed by atoms with Crippen molar-refractivity contribution in [2.45, 2.75) is 0 Å². The van der Waals surface area contributed by atoms with Crippen molar-refractivity contribution in [2.24, 2.45) is 7.05 Å². The number of nitrogens with zero attached hydrogens (tertiary/aromatic N) is 1. The molecule has 0 unspecified atom stereocenters. The first kappa shape index (κ1) is 10.5. The van der Waals surface area contributed by atoms with Crippen molar-refractivity contribution in [1.82, 2.24) is 5.10 Å². The van der Waals surface area contributed by atoms with Crippen LogP contribution in [0.5, 0.6) is 11.5 Å². The molecular formula is C11H13N2O3+. The molecule has 5 nitrogen and oxygen atoms in total. The van der Waals surface area contributed by atoms with Crippen LogP contribution in [-0.4, -0.2) is 19.3 Å². The molecule has 2 rings (SSSR count). The molecule has 16 heavy (non-hydrogen) atoms. The zero-order chi connectivity index (χ0) is 11.7. The zero-order valence-electron chi connectivity index (χ0n) is 9.40. The number of nitrogens with one attached hydrogen (secondary N) is 1. The number of benzene rings is 1. The van der Waals surface area contributed by atoms with E-state index in [1.165, 1.54) is 6.20 Å². The molecule has 2 aromatic rings. The van der Waals surface area contributed by atoms with Crippen LogP contribution in [0.25, 0.3) is 10.9 Å². The molecule has 0 amide bonds. The van der Waals surface area contributed by atoms with Crippen LogP contribution in [0.2, 0.25) is 0 Å². The predicted octanol–water partition coefficient (Wildman–Crippen LogP) is 0.370. The number of rotatable bonds is 2. The summed E-state index contributed by atoms with van der Waals surface area (Å²) in [5.74, 6) is 1.14. The second-order valence-electron chi connectivity index (χ2n) is 3.47. The summed E-state index contributed by atoms with van der Waals surface area (Å²) in [7, 11) is 4.86. The van der Waals surface area contributed by atoms with E-state index >= 15 is 0 Å². The Hall–Kier alpha value is -2.04. The second kappa shape index (κ2) is 3.84. The maximum atomic E-state index is 11.7. The van der Waals surface area contributed by atoms with Crippen molar-refractivity contribution in [3.8, 4) is 11.5 Å². The number of hydrogen-bond donors (Lipinski definition) is 1. The molecule has 1 aromatic heterocycles. The largest absolute Gasteiger partial charge is 0.493 e. The van der Waals surface area contributed by atoms with Gasteiger partial charge in [0.2, 0.25) is 6.20 Å². The van der Waals surface area contributed by atoms with Crippen LogP contribution in [0.15, 0.2) is 23.1 Å². The maximum Gasteiger partial charge on any atom is 0.253 e. The Kier molecular flexibility index (Phi) is 2.52. The molecule has 1 heterocycles. The topological polar surface area (TPSA) is 55.2 Å². The third-order valence-electron chi connectivity index (χ3n) is 2.40. The van der Waals surface area contributed by atoms with Gasteiger partial charge in [-0.05, 0) is 6.07 Å². The van der Waals surface area contributed by atoms with E-state index in [1.807, 2.05) is 0 Å². The summed E-state index contributed by atoms with van der Waals surface area (Å²) in [6.07, 6.45) is 1.48. The number of aryl methyl sites for hydroxylation is 1. The third kappa shape index (κ3) is 1.60. The quantitative estimate of drug-likeness (QED) is 0.745. The van der Waals surface area contributed by atoms with Gasteiger partial charge < -0.3 is 9.47 Å². The molecule has 84 valence electrons. The van der Waals surface area contributed by atoms with Crippen molar-refractivity contribution < 1.29 is 14.2 Å². The summed E-state index contributed by atoms with van der Waals surface area (Å²) in [4.78, 5) is 11.7. The Morgan fingerprint density at radius 1 is 1.19 bits per heavy atom. The molecule has 1 aromatic carbocycles. The number of aromatic nitrogens is 2. The van der Waals surface area contributed by atoms with Gasteiger partial charge in [-0.2, -0.15) is 5.10 Å². The summed E-state index contributed by atoms with van der Waals surface area (Å²) in [6.45, 7) is 0. The van der Waals surface area contributed by atoms with Crippen LogP contribution >= 0.6 is 0 Å². The lowest BCUT2D eigenvalue weighted by atomic mass is 10.2. The molecule has 1 N–H and O–H groups in total. The molecule has 0 saturated carbocycles. The van der Waals surface area contributed by atoms with Crippen LogP contribution in [0.4, 0.5) is 0 Å². The zero-order valence-corrected chi connectivity index (χ0v) is 9.40. The first-order valence-electron chi connectivity index (χ1n) is 4.80. The van der Waals surface area contributed by atoms with Gasteiger partial charge in [0.25, 0.3) is 5.43 Å². The lowest BCUT2D eigenvalue weighted by Gasteiger charge is -2.07. The highest BCUT2D eigenvalue weighted by Gasteiger charge is 2.11. The van der Waals surface area contributed by atoms with Crippen LogP contribution in [0, 0.1) is 0 Å². The minimum atomic E-state index is -0.0581. The molecule has 5 heteroatoms. The Labute approximate surface area is 92.2 Å². The minimum Gasteiger partial charge on any atom is -0.493 e. The molecule has 0 aliphatic carbocycles. The summed E-state index contributed by atoms with van der Waals surface area (Å²) < 4.78 is 11.9. The molecular weight excluding hydrogens is 208 g/mol. The molecule has 0 fully saturated rings. The van der Waals surface area contributed by atoms with Gasteiger partial charge in [0.1, 0.15) is 5.52 Å². The number of aromatic amines is 1.